The van der Waals surface area contributed by atoms with Gasteiger partial charge in [0.2, 0.25) is 0 Å². The van der Waals surface area contributed by atoms with Crippen molar-refractivity contribution in [3.8, 4) is 0 Å². The molecule has 5 nitrogen and oxygen atoms in total. The first-order chi connectivity index (χ1) is 13.3. The molecule has 0 amide bonds. The summed E-state index contributed by atoms with van der Waals surface area (Å²) in [6, 6.07) is 5.67. The molecular weight excluding hydrogens is 354 g/mol. The standard InChI is InChI=1S/C21H37N5S/c1-3-22-21(23-13-16-25(2)19-8-5-4-6-9-19)24-18-11-14-26(15-12-18)20-10-7-17-27-20/h7,10,17-19H,3-6,8-9,11-16H2,1-2H3,(H2,22,23,24). The van der Waals surface area contributed by atoms with Crippen molar-refractivity contribution in [1.82, 2.24) is 15.5 Å². The number of aliphatic imine (C=N–C) groups is 1. The molecule has 1 aromatic heterocycles. The number of thiophene rings is 1. The Morgan fingerprint density at radius 3 is 2.67 bits per heavy atom. The number of likely N-dealkylation sites (N-methyl/N-ethyl adjacent to an activating group) is 1. The zero-order chi connectivity index (χ0) is 18.9. The van der Waals surface area contributed by atoms with Crippen molar-refractivity contribution >= 4 is 22.3 Å². The zero-order valence-electron chi connectivity index (χ0n) is 17.1. The van der Waals surface area contributed by atoms with Gasteiger partial charge < -0.3 is 20.4 Å². The summed E-state index contributed by atoms with van der Waals surface area (Å²) in [6.45, 7) is 7.24. The van der Waals surface area contributed by atoms with Crippen molar-refractivity contribution in [3.63, 3.8) is 0 Å². The molecule has 0 bridgehead atoms. The summed E-state index contributed by atoms with van der Waals surface area (Å²) in [6.07, 6.45) is 9.28. The highest BCUT2D eigenvalue weighted by molar-refractivity contribution is 7.14. The van der Waals surface area contributed by atoms with Crippen molar-refractivity contribution in [2.75, 3.05) is 44.7 Å². The molecule has 1 aliphatic carbocycles. The summed E-state index contributed by atoms with van der Waals surface area (Å²) in [5.74, 6) is 0.990. The third kappa shape index (κ3) is 6.39. The SMILES string of the molecule is CCNC(=NCCN(C)C1CCCCC1)NC1CCN(c2cccs2)CC1. The van der Waals surface area contributed by atoms with Crippen LogP contribution < -0.4 is 15.5 Å². The molecule has 1 aromatic rings. The summed E-state index contributed by atoms with van der Waals surface area (Å²) in [7, 11) is 2.27. The third-order valence-corrected chi connectivity index (χ3v) is 6.85. The van der Waals surface area contributed by atoms with Crippen LogP contribution in [0, 0.1) is 0 Å². The van der Waals surface area contributed by atoms with E-state index >= 15 is 0 Å². The summed E-state index contributed by atoms with van der Waals surface area (Å²) in [5.41, 5.74) is 0. The summed E-state index contributed by atoms with van der Waals surface area (Å²) in [5, 5.41) is 10.7. The molecule has 0 atom stereocenters. The van der Waals surface area contributed by atoms with E-state index in [4.69, 9.17) is 4.99 Å². The predicted molar refractivity (Wildman–Crippen MR) is 118 cm³/mol. The van der Waals surface area contributed by atoms with Crippen LogP contribution in [0.5, 0.6) is 0 Å². The van der Waals surface area contributed by atoms with Gasteiger partial charge in [0.15, 0.2) is 5.96 Å². The van der Waals surface area contributed by atoms with E-state index in [0.29, 0.717) is 6.04 Å². The molecule has 0 radical (unpaired) electrons. The van der Waals surface area contributed by atoms with Gasteiger partial charge in [-0.2, -0.15) is 0 Å². The van der Waals surface area contributed by atoms with E-state index in [1.807, 2.05) is 11.3 Å². The van der Waals surface area contributed by atoms with Crippen molar-refractivity contribution < 1.29 is 0 Å². The van der Waals surface area contributed by atoms with Gasteiger partial charge in [-0.15, -0.1) is 11.3 Å². The number of rotatable bonds is 7. The highest BCUT2D eigenvalue weighted by atomic mass is 32.1. The minimum Gasteiger partial charge on any atom is -0.363 e. The van der Waals surface area contributed by atoms with Gasteiger partial charge in [0.25, 0.3) is 0 Å². The Labute approximate surface area is 169 Å². The molecule has 2 aliphatic rings. The maximum absolute atomic E-state index is 4.85. The van der Waals surface area contributed by atoms with Crippen LogP contribution in [0.2, 0.25) is 0 Å². The van der Waals surface area contributed by atoms with Gasteiger partial charge in [-0.25, -0.2) is 0 Å². The molecule has 2 fully saturated rings. The largest absolute Gasteiger partial charge is 0.363 e. The van der Waals surface area contributed by atoms with Gasteiger partial charge in [0, 0.05) is 38.3 Å². The first kappa shape index (κ1) is 20.5. The smallest absolute Gasteiger partial charge is 0.191 e. The molecule has 27 heavy (non-hydrogen) atoms. The number of anilines is 1. The summed E-state index contributed by atoms with van der Waals surface area (Å²) >= 11 is 1.84. The maximum Gasteiger partial charge on any atom is 0.191 e. The molecular formula is C21H37N5S. The molecule has 0 unspecified atom stereocenters. The Bertz CT molecular complexity index is 545. The van der Waals surface area contributed by atoms with Gasteiger partial charge in [0.05, 0.1) is 11.5 Å². The minimum absolute atomic E-state index is 0.523. The fraction of sp³-hybridized carbons (Fsp3) is 0.762. The Morgan fingerprint density at radius 1 is 1.22 bits per heavy atom. The first-order valence-corrected chi connectivity index (χ1v) is 11.7. The second kappa shape index (κ2) is 10.9. The fourth-order valence-corrected chi connectivity index (χ4v) is 5.02. The molecule has 3 rings (SSSR count). The second-order valence-electron chi connectivity index (χ2n) is 7.89. The van der Waals surface area contributed by atoms with E-state index in [1.54, 1.807) is 0 Å². The van der Waals surface area contributed by atoms with E-state index in [9.17, 15) is 0 Å². The summed E-state index contributed by atoms with van der Waals surface area (Å²) in [4.78, 5) is 9.88. The zero-order valence-corrected chi connectivity index (χ0v) is 17.9. The molecule has 1 aliphatic heterocycles. The van der Waals surface area contributed by atoms with Crippen LogP contribution in [0.4, 0.5) is 5.00 Å². The lowest BCUT2D eigenvalue weighted by Gasteiger charge is -2.33. The van der Waals surface area contributed by atoms with Crippen LogP contribution >= 0.6 is 11.3 Å². The normalized spacial score (nSPS) is 20.3. The van der Waals surface area contributed by atoms with E-state index in [0.717, 1.165) is 44.7 Å². The lowest BCUT2D eigenvalue weighted by atomic mass is 9.94. The number of hydrogen-bond acceptors (Lipinski definition) is 4. The molecule has 6 heteroatoms. The molecule has 0 aromatic carbocycles. The Morgan fingerprint density at radius 2 is 2.00 bits per heavy atom. The molecule has 1 saturated carbocycles. The first-order valence-electron chi connectivity index (χ1n) is 10.8. The highest BCUT2D eigenvalue weighted by Gasteiger charge is 2.21. The van der Waals surface area contributed by atoms with Gasteiger partial charge >= 0.3 is 0 Å². The maximum atomic E-state index is 4.85. The van der Waals surface area contributed by atoms with Crippen LogP contribution in [0.15, 0.2) is 22.5 Å². The summed E-state index contributed by atoms with van der Waals surface area (Å²) < 4.78 is 0. The minimum atomic E-state index is 0.523. The molecule has 1 saturated heterocycles. The number of nitrogens with one attached hydrogen (secondary N) is 2. The van der Waals surface area contributed by atoms with Crippen molar-refractivity contribution in [1.29, 1.82) is 0 Å². The van der Waals surface area contributed by atoms with Crippen LogP contribution in [0.25, 0.3) is 0 Å². The number of nitrogens with zero attached hydrogens (tertiary/aromatic N) is 3. The van der Waals surface area contributed by atoms with Gasteiger partial charge in [0.1, 0.15) is 0 Å². The molecule has 2 heterocycles. The van der Waals surface area contributed by atoms with Gasteiger partial charge in [-0.3, -0.25) is 4.99 Å². The molecule has 2 N–H and O–H groups in total. The van der Waals surface area contributed by atoms with Crippen molar-refractivity contribution in [2.24, 2.45) is 4.99 Å². The van der Waals surface area contributed by atoms with Crippen LogP contribution in [-0.4, -0.2) is 62.7 Å². The average molecular weight is 392 g/mol. The molecule has 0 spiro atoms. The third-order valence-electron chi connectivity index (χ3n) is 5.92. The van der Waals surface area contributed by atoms with Gasteiger partial charge in [-0.05, 0) is 57.2 Å². The fourth-order valence-electron chi connectivity index (χ4n) is 4.23. The van der Waals surface area contributed by atoms with Crippen molar-refractivity contribution in [3.05, 3.63) is 17.5 Å². The topological polar surface area (TPSA) is 42.9 Å². The Hall–Kier alpha value is -1.27. The lowest BCUT2D eigenvalue weighted by molar-refractivity contribution is 0.196. The number of piperidine rings is 1. The average Bonchev–Trinajstić information content (AvgIpc) is 3.24. The predicted octanol–water partition coefficient (Wildman–Crippen LogP) is 3.54. The van der Waals surface area contributed by atoms with E-state index in [-0.39, 0.29) is 0 Å². The number of hydrogen-bond donors (Lipinski definition) is 2. The van der Waals surface area contributed by atoms with Crippen molar-refractivity contribution in [2.45, 2.75) is 64.0 Å². The Kier molecular flexibility index (Phi) is 8.27. The van der Waals surface area contributed by atoms with E-state index in [2.05, 4.69) is 51.9 Å². The number of guanidine groups is 1. The van der Waals surface area contributed by atoms with Crippen LogP contribution in [0.3, 0.4) is 0 Å². The Balaban J connectivity index is 1.42. The monoisotopic (exact) mass is 391 g/mol. The molecule has 152 valence electrons. The highest BCUT2D eigenvalue weighted by Crippen LogP contribution is 2.25. The van der Waals surface area contributed by atoms with E-state index in [1.165, 1.54) is 49.9 Å². The lowest BCUT2D eigenvalue weighted by Crippen LogP contribution is -2.49. The van der Waals surface area contributed by atoms with Gasteiger partial charge in [-0.1, -0.05) is 19.3 Å². The van der Waals surface area contributed by atoms with E-state index < -0.39 is 0 Å². The van der Waals surface area contributed by atoms with Crippen LogP contribution in [0.1, 0.15) is 51.9 Å². The second-order valence-corrected chi connectivity index (χ2v) is 8.82. The van der Waals surface area contributed by atoms with Crippen LogP contribution in [-0.2, 0) is 0 Å². The quantitative estimate of drug-likeness (QED) is 0.551.